The average Bonchev–Trinajstić information content (AvgIpc) is 3.12. The molecule has 3 aromatic rings. The maximum absolute atomic E-state index is 13.2. The number of benzene rings is 2. The van der Waals surface area contributed by atoms with Crippen LogP contribution >= 0.6 is 11.3 Å². The van der Waals surface area contributed by atoms with Gasteiger partial charge in [-0.2, -0.15) is 0 Å². The minimum atomic E-state index is -3.77. The van der Waals surface area contributed by atoms with Gasteiger partial charge >= 0.3 is 0 Å². The van der Waals surface area contributed by atoms with E-state index in [-0.39, 0.29) is 33.8 Å². The highest BCUT2D eigenvalue weighted by molar-refractivity contribution is 7.91. The molecule has 8 heteroatoms. The van der Waals surface area contributed by atoms with Gasteiger partial charge in [0.15, 0.2) is 11.5 Å². The number of methoxy groups -OCH3 is 1. The second-order valence-corrected chi connectivity index (χ2v) is 9.72. The van der Waals surface area contributed by atoms with Crippen molar-refractivity contribution in [1.82, 2.24) is 0 Å². The maximum atomic E-state index is 13.2. The maximum Gasteiger partial charge on any atom is 0.225 e. The quantitative estimate of drug-likeness (QED) is 0.652. The summed E-state index contributed by atoms with van der Waals surface area (Å²) in [5.74, 6) is -0.266. The highest BCUT2D eigenvalue weighted by Crippen LogP contribution is 2.46. The fourth-order valence-corrected chi connectivity index (χ4v) is 6.33. The first kappa shape index (κ1) is 19.5. The molecule has 0 spiro atoms. The van der Waals surface area contributed by atoms with Gasteiger partial charge in [-0.3, -0.25) is 4.79 Å². The standard InChI is InChI=1S/C21H19NO5S2/c1-12-3-6-14(7-4-12)29(25,26)18-11-28-21-15(10-19(24)22-20(18)21)13-5-8-16(23)17(9-13)27-2/h3-9,11,15,23H,10H2,1-2H3,(H,22,24)/t15-/m1/s1. The number of sulfone groups is 1. The van der Waals surface area contributed by atoms with E-state index in [0.717, 1.165) is 16.0 Å². The van der Waals surface area contributed by atoms with E-state index in [1.807, 2.05) is 6.92 Å². The molecule has 150 valence electrons. The molecule has 6 nitrogen and oxygen atoms in total. The molecule has 1 amide bonds. The molecular formula is C21H19NO5S2. The Kier molecular flexibility index (Phi) is 4.84. The Hall–Kier alpha value is -2.84. The van der Waals surface area contributed by atoms with Crippen molar-refractivity contribution >= 4 is 32.8 Å². The predicted octanol–water partition coefficient (Wildman–Crippen LogP) is 4.08. The van der Waals surface area contributed by atoms with Crippen molar-refractivity contribution in [2.45, 2.75) is 29.1 Å². The number of nitrogens with one attached hydrogen (secondary N) is 1. The average molecular weight is 430 g/mol. The van der Waals surface area contributed by atoms with Gasteiger partial charge in [0, 0.05) is 22.6 Å². The Morgan fingerprint density at radius 2 is 1.90 bits per heavy atom. The molecule has 0 unspecified atom stereocenters. The minimum absolute atomic E-state index is 0.00514. The summed E-state index contributed by atoms with van der Waals surface area (Å²) in [6.45, 7) is 1.89. The van der Waals surface area contributed by atoms with Crippen LogP contribution in [0.3, 0.4) is 0 Å². The van der Waals surface area contributed by atoms with Crippen molar-refractivity contribution in [1.29, 1.82) is 0 Å². The summed E-state index contributed by atoms with van der Waals surface area (Å²) in [5, 5.41) is 14.2. The lowest BCUT2D eigenvalue weighted by atomic mass is 9.90. The molecule has 0 bridgehead atoms. The van der Waals surface area contributed by atoms with Crippen LogP contribution in [0.4, 0.5) is 5.69 Å². The van der Waals surface area contributed by atoms with E-state index in [2.05, 4.69) is 5.32 Å². The van der Waals surface area contributed by atoms with E-state index in [9.17, 15) is 18.3 Å². The van der Waals surface area contributed by atoms with Crippen LogP contribution in [-0.4, -0.2) is 26.5 Å². The summed E-state index contributed by atoms with van der Waals surface area (Å²) in [7, 11) is -2.32. The first-order valence-corrected chi connectivity index (χ1v) is 11.3. The van der Waals surface area contributed by atoms with Crippen LogP contribution in [0.5, 0.6) is 11.5 Å². The van der Waals surface area contributed by atoms with Crippen LogP contribution in [0.1, 0.15) is 28.3 Å². The number of fused-ring (bicyclic) bond motifs is 1. The summed E-state index contributed by atoms with van der Waals surface area (Å²) in [4.78, 5) is 13.5. The van der Waals surface area contributed by atoms with Gasteiger partial charge in [-0.25, -0.2) is 8.42 Å². The number of hydrogen-bond acceptors (Lipinski definition) is 6. The van der Waals surface area contributed by atoms with Crippen LogP contribution in [0, 0.1) is 6.92 Å². The third-order valence-electron chi connectivity index (χ3n) is 4.98. The monoisotopic (exact) mass is 429 g/mol. The number of aromatic hydroxyl groups is 1. The number of rotatable bonds is 4. The summed E-state index contributed by atoms with van der Waals surface area (Å²) in [6.07, 6.45) is 0.186. The highest BCUT2D eigenvalue weighted by atomic mass is 32.2. The number of amides is 1. The third-order valence-corrected chi connectivity index (χ3v) is 8.02. The molecule has 2 aromatic carbocycles. The summed E-state index contributed by atoms with van der Waals surface area (Å²) < 4.78 is 31.5. The summed E-state index contributed by atoms with van der Waals surface area (Å²) in [5.41, 5.74) is 2.08. The molecule has 1 aliphatic rings. The molecular weight excluding hydrogens is 410 g/mol. The zero-order valence-corrected chi connectivity index (χ0v) is 17.4. The fraction of sp³-hybridized carbons (Fsp3) is 0.190. The van der Waals surface area contributed by atoms with Gasteiger partial charge in [-0.15, -0.1) is 11.3 Å². The number of carbonyl (C=O) groups excluding carboxylic acids is 1. The van der Waals surface area contributed by atoms with Crippen molar-refractivity contribution in [3.63, 3.8) is 0 Å². The molecule has 2 N–H and O–H groups in total. The Morgan fingerprint density at radius 3 is 2.59 bits per heavy atom. The number of anilines is 1. The molecule has 0 fully saturated rings. The first-order chi connectivity index (χ1) is 13.8. The van der Waals surface area contributed by atoms with Gasteiger partial charge < -0.3 is 15.2 Å². The van der Waals surface area contributed by atoms with E-state index in [0.29, 0.717) is 11.4 Å². The van der Waals surface area contributed by atoms with Crippen molar-refractivity contribution in [3.8, 4) is 11.5 Å². The van der Waals surface area contributed by atoms with Crippen molar-refractivity contribution < 1.29 is 23.1 Å². The van der Waals surface area contributed by atoms with Crippen LogP contribution in [0.2, 0.25) is 0 Å². The molecule has 2 heterocycles. The molecule has 0 aliphatic carbocycles. The summed E-state index contributed by atoms with van der Waals surface area (Å²) in [6, 6.07) is 11.5. The van der Waals surface area contributed by atoms with Crippen molar-refractivity contribution in [2.75, 3.05) is 12.4 Å². The molecule has 1 aromatic heterocycles. The first-order valence-electron chi connectivity index (χ1n) is 8.91. The number of ether oxygens (including phenoxy) is 1. The predicted molar refractivity (Wildman–Crippen MR) is 111 cm³/mol. The Bertz CT molecular complexity index is 1200. The highest BCUT2D eigenvalue weighted by Gasteiger charge is 2.34. The molecule has 0 radical (unpaired) electrons. The van der Waals surface area contributed by atoms with Gasteiger partial charge in [-0.05, 0) is 36.8 Å². The topological polar surface area (TPSA) is 92.7 Å². The third kappa shape index (κ3) is 3.38. The number of phenols is 1. The number of phenolic OH excluding ortho intramolecular Hbond substituents is 1. The van der Waals surface area contributed by atoms with Crippen molar-refractivity contribution in [3.05, 3.63) is 63.8 Å². The number of thiophene rings is 1. The SMILES string of the molecule is COc1cc([C@H]2CC(=O)Nc3c(S(=O)(=O)c4ccc(C)cc4)csc32)ccc1O. The zero-order valence-electron chi connectivity index (χ0n) is 15.8. The Balaban J connectivity index is 1.82. The van der Waals surface area contributed by atoms with Gasteiger partial charge in [-0.1, -0.05) is 23.8 Å². The van der Waals surface area contributed by atoms with Crippen LogP contribution in [0.15, 0.2) is 57.6 Å². The second-order valence-electron chi connectivity index (χ2n) is 6.89. The van der Waals surface area contributed by atoms with E-state index < -0.39 is 9.84 Å². The van der Waals surface area contributed by atoms with Gasteiger partial charge in [0.2, 0.25) is 15.7 Å². The second kappa shape index (κ2) is 7.20. The Labute approximate surface area is 172 Å². The molecule has 1 aliphatic heterocycles. The molecule has 29 heavy (non-hydrogen) atoms. The minimum Gasteiger partial charge on any atom is -0.504 e. The van der Waals surface area contributed by atoms with E-state index >= 15 is 0 Å². The van der Waals surface area contributed by atoms with Gasteiger partial charge in [0.05, 0.1) is 17.7 Å². The van der Waals surface area contributed by atoms with E-state index in [1.165, 1.54) is 24.5 Å². The van der Waals surface area contributed by atoms with Crippen LogP contribution < -0.4 is 10.1 Å². The van der Waals surface area contributed by atoms with Crippen LogP contribution in [-0.2, 0) is 14.6 Å². The lowest BCUT2D eigenvalue weighted by Crippen LogP contribution is -2.23. The number of hydrogen-bond donors (Lipinski definition) is 2. The summed E-state index contributed by atoms with van der Waals surface area (Å²) >= 11 is 1.30. The molecule has 1 atom stereocenters. The van der Waals surface area contributed by atoms with Gasteiger partial charge in [0.1, 0.15) is 4.90 Å². The largest absolute Gasteiger partial charge is 0.504 e. The Morgan fingerprint density at radius 1 is 1.17 bits per heavy atom. The smallest absolute Gasteiger partial charge is 0.225 e. The lowest BCUT2D eigenvalue weighted by molar-refractivity contribution is -0.116. The lowest BCUT2D eigenvalue weighted by Gasteiger charge is -2.24. The fourth-order valence-electron chi connectivity index (χ4n) is 3.43. The molecule has 0 saturated heterocycles. The van der Waals surface area contributed by atoms with E-state index in [1.54, 1.807) is 41.8 Å². The number of aryl methyl sites for hydroxylation is 1. The van der Waals surface area contributed by atoms with Gasteiger partial charge in [0.25, 0.3) is 0 Å². The van der Waals surface area contributed by atoms with Crippen LogP contribution in [0.25, 0.3) is 0 Å². The molecule has 4 rings (SSSR count). The number of carbonyl (C=O) groups is 1. The normalized spacial score (nSPS) is 16.2. The molecule has 0 saturated carbocycles. The van der Waals surface area contributed by atoms with Crippen molar-refractivity contribution in [2.24, 2.45) is 0 Å². The zero-order chi connectivity index (χ0) is 20.8. The van der Waals surface area contributed by atoms with E-state index in [4.69, 9.17) is 4.74 Å².